The zero-order valence-electron chi connectivity index (χ0n) is 13.1. The normalized spacial score (nSPS) is 21.3. The largest absolute Gasteiger partial charge is 0.387 e. The van der Waals surface area contributed by atoms with Crippen LogP contribution in [0.5, 0.6) is 0 Å². The van der Waals surface area contributed by atoms with Crippen molar-refractivity contribution in [1.82, 2.24) is 15.4 Å². The van der Waals surface area contributed by atoms with Crippen LogP contribution in [0.15, 0.2) is 29.2 Å². The van der Waals surface area contributed by atoms with Gasteiger partial charge in [-0.25, -0.2) is 13.1 Å². The van der Waals surface area contributed by atoms with E-state index in [9.17, 15) is 18.3 Å². The second-order valence-electron chi connectivity index (χ2n) is 5.78. The third kappa shape index (κ3) is 5.00. The lowest BCUT2D eigenvalue weighted by Gasteiger charge is -2.21. The van der Waals surface area contributed by atoms with Gasteiger partial charge in [-0.1, -0.05) is 12.1 Å². The Labute approximate surface area is 136 Å². The summed E-state index contributed by atoms with van der Waals surface area (Å²) in [7, 11) is -2.07. The third-order valence-electron chi connectivity index (χ3n) is 3.98. The fraction of sp³-hybridized carbons (Fsp3) is 0.533. The molecule has 1 aromatic carbocycles. The molecule has 1 atom stereocenters. The van der Waals surface area contributed by atoms with Crippen LogP contribution < -0.4 is 15.4 Å². The molecular formula is C15H23N3O4S. The number of β-amino-alcohol motifs (C(OH)–C–C–N with tert-alkyl or cyclic N) is 1. The second kappa shape index (κ2) is 7.39. The van der Waals surface area contributed by atoms with Crippen molar-refractivity contribution in [1.29, 1.82) is 0 Å². The molecule has 0 saturated carbocycles. The zero-order valence-corrected chi connectivity index (χ0v) is 13.9. The topological polar surface area (TPSA) is 108 Å². The lowest BCUT2D eigenvalue weighted by atomic mass is 10.0. The number of rotatable bonds is 7. The molecule has 23 heavy (non-hydrogen) atoms. The number of aryl methyl sites for hydroxylation is 1. The van der Waals surface area contributed by atoms with E-state index in [0.29, 0.717) is 25.8 Å². The second-order valence-corrected chi connectivity index (χ2v) is 7.67. The van der Waals surface area contributed by atoms with Gasteiger partial charge >= 0.3 is 0 Å². The number of sulfonamides is 1. The fourth-order valence-corrected chi connectivity index (χ4v) is 3.17. The minimum Gasteiger partial charge on any atom is -0.387 e. The molecule has 1 saturated heterocycles. The number of carbonyl (C=O) groups is 1. The number of amides is 1. The van der Waals surface area contributed by atoms with Crippen molar-refractivity contribution in [3.05, 3.63) is 29.8 Å². The summed E-state index contributed by atoms with van der Waals surface area (Å²) in [6.45, 7) is 1.50. The lowest BCUT2D eigenvalue weighted by Crippen LogP contribution is -2.44. The van der Waals surface area contributed by atoms with Crippen molar-refractivity contribution in [2.24, 2.45) is 0 Å². The standard InChI is InChI=1S/C15H23N3O4S/c1-16-23(21,22)13-5-2-12(3-6-13)4-7-14(19)18-11-15(20)8-9-17-10-15/h2-3,5-6,16-17,20H,4,7-11H2,1H3,(H,18,19)/t15-/m1/s1. The highest BCUT2D eigenvalue weighted by Gasteiger charge is 2.31. The Morgan fingerprint density at radius 3 is 2.61 bits per heavy atom. The van der Waals surface area contributed by atoms with Crippen LogP contribution in [0.4, 0.5) is 0 Å². The van der Waals surface area contributed by atoms with Crippen molar-refractivity contribution in [2.75, 3.05) is 26.7 Å². The Kier molecular flexibility index (Phi) is 5.74. The van der Waals surface area contributed by atoms with Crippen LogP contribution in [0.25, 0.3) is 0 Å². The first-order valence-corrected chi connectivity index (χ1v) is 9.05. The van der Waals surface area contributed by atoms with Gasteiger partial charge in [0.2, 0.25) is 15.9 Å². The summed E-state index contributed by atoms with van der Waals surface area (Å²) in [6, 6.07) is 6.44. The number of aliphatic hydroxyl groups is 1. The highest BCUT2D eigenvalue weighted by molar-refractivity contribution is 7.89. The van der Waals surface area contributed by atoms with E-state index in [-0.39, 0.29) is 17.3 Å². The van der Waals surface area contributed by atoms with Gasteiger partial charge in [0, 0.05) is 19.5 Å². The summed E-state index contributed by atoms with van der Waals surface area (Å²) in [4.78, 5) is 12.0. The number of hydrogen-bond acceptors (Lipinski definition) is 5. The number of carbonyl (C=O) groups excluding carboxylic acids is 1. The van der Waals surface area contributed by atoms with Crippen LogP contribution in [0.1, 0.15) is 18.4 Å². The maximum Gasteiger partial charge on any atom is 0.240 e. The highest BCUT2D eigenvalue weighted by Crippen LogP contribution is 2.13. The van der Waals surface area contributed by atoms with Crippen LogP contribution in [0.3, 0.4) is 0 Å². The van der Waals surface area contributed by atoms with Gasteiger partial charge in [0.05, 0.1) is 10.5 Å². The van der Waals surface area contributed by atoms with E-state index >= 15 is 0 Å². The van der Waals surface area contributed by atoms with Crippen molar-refractivity contribution in [3.63, 3.8) is 0 Å². The molecule has 0 radical (unpaired) electrons. The smallest absolute Gasteiger partial charge is 0.240 e. The monoisotopic (exact) mass is 341 g/mol. The molecule has 8 heteroatoms. The molecule has 0 aliphatic carbocycles. The molecule has 1 aliphatic heterocycles. The Bertz CT molecular complexity index is 637. The molecule has 7 nitrogen and oxygen atoms in total. The summed E-state index contributed by atoms with van der Waals surface area (Å²) in [5.74, 6) is -0.128. The Morgan fingerprint density at radius 1 is 1.35 bits per heavy atom. The van der Waals surface area contributed by atoms with Gasteiger partial charge in [0.25, 0.3) is 0 Å². The van der Waals surface area contributed by atoms with Gasteiger partial charge < -0.3 is 15.7 Å². The zero-order chi connectivity index (χ0) is 16.9. The van der Waals surface area contributed by atoms with Crippen LogP contribution in [0, 0.1) is 0 Å². The fourth-order valence-electron chi connectivity index (χ4n) is 2.44. The molecule has 1 fully saturated rings. The molecule has 4 N–H and O–H groups in total. The molecule has 1 amide bonds. The van der Waals surface area contributed by atoms with E-state index in [1.54, 1.807) is 12.1 Å². The summed E-state index contributed by atoms with van der Waals surface area (Å²) < 4.78 is 25.5. The van der Waals surface area contributed by atoms with Gasteiger partial charge in [-0.2, -0.15) is 0 Å². The van der Waals surface area contributed by atoms with E-state index in [1.165, 1.54) is 19.2 Å². The SMILES string of the molecule is CNS(=O)(=O)c1ccc(CCC(=O)NC[C@@]2(O)CCNC2)cc1. The van der Waals surface area contributed by atoms with Gasteiger partial charge in [-0.3, -0.25) is 4.79 Å². The molecule has 0 aromatic heterocycles. The molecule has 128 valence electrons. The van der Waals surface area contributed by atoms with Crippen LogP contribution in [0.2, 0.25) is 0 Å². The first kappa shape index (κ1) is 17.9. The van der Waals surface area contributed by atoms with Crippen LogP contribution in [-0.4, -0.2) is 51.7 Å². The summed E-state index contributed by atoms with van der Waals surface area (Å²) in [6.07, 6.45) is 1.44. The van der Waals surface area contributed by atoms with Crippen molar-refractivity contribution >= 4 is 15.9 Å². The average Bonchev–Trinajstić information content (AvgIpc) is 2.98. The maximum absolute atomic E-state index is 11.8. The molecule has 1 aromatic rings. The quantitative estimate of drug-likeness (QED) is 0.528. The Balaban J connectivity index is 1.80. The van der Waals surface area contributed by atoms with E-state index in [0.717, 1.165) is 12.1 Å². The first-order chi connectivity index (χ1) is 10.8. The van der Waals surface area contributed by atoms with Crippen molar-refractivity contribution in [2.45, 2.75) is 29.8 Å². The van der Waals surface area contributed by atoms with E-state index < -0.39 is 15.6 Å². The summed E-state index contributed by atoms with van der Waals surface area (Å²) in [5, 5.41) is 15.9. The van der Waals surface area contributed by atoms with E-state index in [2.05, 4.69) is 15.4 Å². The minimum atomic E-state index is -3.43. The highest BCUT2D eigenvalue weighted by atomic mass is 32.2. The predicted molar refractivity (Wildman–Crippen MR) is 86.5 cm³/mol. The van der Waals surface area contributed by atoms with Crippen molar-refractivity contribution < 1.29 is 18.3 Å². The Hall–Kier alpha value is -1.48. The van der Waals surface area contributed by atoms with E-state index in [1.807, 2.05) is 0 Å². The Morgan fingerprint density at radius 2 is 2.04 bits per heavy atom. The molecule has 0 bridgehead atoms. The van der Waals surface area contributed by atoms with Gasteiger partial charge in [0.1, 0.15) is 0 Å². The molecule has 1 heterocycles. The molecule has 1 aliphatic rings. The number of benzene rings is 1. The molecule has 0 unspecified atom stereocenters. The maximum atomic E-state index is 11.8. The molecule has 0 spiro atoms. The summed E-state index contributed by atoms with van der Waals surface area (Å²) in [5.41, 5.74) is 0.0372. The third-order valence-corrected chi connectivity index (χ3v) is 5.41. The minimum absolute atomic E-state index is 0.128. The van der Waals surface area contributed by atoms with Crippen LogP contribution >= 0.6 is 0 Å². The first-order valence-electron chi connectivity index (χ1n) is 7.57. The van der Waals surface area contributed by atoms with Gasteiger partial charge in [0.15, 0.2) is 0 Å². The average molecular weight is 341 g/mol. The van der Waals surface area contributed by atoms with Gasteiger partial charge in [-0.15, -0.1) is 0 Å². The number of hydrogen-bond donors (Lipinski definition) is 4. The van der Waals surface area contributed by atoms with Gasteiger partial charge in [-0.05, 0) is 44.1 Å². The lowest BCUT2D eigenvalue weighted by molar-refractivity contribution is -0.122. The van der Waals surface area contributed by atoms with Crippen molar-refractivity contribution in [3.8, 4) is 0 Å². The predicted octanol–water partition coefficient (Wildman–Crippen LogP) is -0.632. The summed E-state index contributed by atoms with van der Waals surface area (Å²) >= 11 is 0. The molecule has 2 rings (SSSR count). The van der Waals surface area contributed by atoms with E-state index in [4.69, 9.17) is 0 Å². The number of nitrogens with one attached hydrogen (secondary N) is 3. The molecular weight excluding hydrogens is 318 g/mol. The van der Waals surface area contributed by atoms with Crippen LogP contribution in [-0.2, 0) is 21.2 Å².